The molecule has 38 heavy (non-hydrogen) atoms. The van der Waals surface area contributed by atoms with E-state index < -0.39 is 16.1 Å². The predicted molar refractivity (Wildman–Crippen MR) is 152 cm³/mol. The van der Waals surface area contributed by atoms with Gasteiger partial charge in [0.05, 0.1) is 11.9 Å². The number of benzene rings is 3. The largest absolute Gasteiger partial charge is 0.355 e. The van der Waals surface area contributed by atoms with Gasteiger partial charge in [0.15, 0.2) is 0 Å². The van der Waals surface area contributed by atoms with E-state index in [4.69, 9.17) is 11.6 Å². The van der Waals surface area contributed by atoms with Crippen molar-refractivity contribution in [2.45, 2.75) is 38.8 Å². The average molecular weight is 556 g/mol. The van der Waals surface area contributed by atoms with Gasteiger partial charge in [-0.3, -0.25) is 13.9 Å². The third-order valence-electron chi connectivity index (χ3n) is 6.07. The van der Waals surface area contributed by atoms with Gasteiger partial charge in [0.2, 0.25) is 21.8 Å². The summed E-state index contributed by atoms with van der Waals surface area (Å²) >= 11 is 6.08. The van der Waals surface area contributed by atoms with Crippen LogP contribution in [0.15, 0.2) is 84.9 Å². The highest BCUT2D eigenvalue weighted by Gasteiger charge is 2.30. The maximum Gasteiger partial charge on any atom is 0.243 e. The zero-order chi connectivity index (χ0) is 27.5. The molecule has 0 bridgehead atoms. The molecule has 0 heterocycles. The van der Waals surface area contributed by atoms with Crippen molar-refractivity contribution < 1.29 is 18.0 Å². The molecule has 0 spiro atoms. The van der Waals surface area contributed by atoms with Crippen molar-refractivity contribution in [2.75, 3.05) is 23.7 Å². The number of halogens is 1. The zero-order valence-electron chi connectivity index (χ0n) is 21.7. The molecular weight excluding hydrogens is 522 g/mol. The van der Waals surface area contributed by atoms with Crippen LogP contribution < -0.4 is 9.62 Å². The van der Waals surface area contributed by atoms with Crippen molar-refractivity contribution in [1.29, 1.82) is 0 Å². The minimum absolute atomic E-state index is 0.0735. The van der Waals surface area contributed by atoms with Crippen molar-refractivity contribution in [2.24, 2.45) is 0 Å². The maximum atomic E-state index is 13.7. The maximum absolute atomic E-state index is 13.7. The van der Waals surface area contributed by atoms with Crippen LogP contribution in [-0.2, 0) is 32.6 Å². The SMILES string of the molecule is CCNC(=O)[C@@H](Cc1ccccc1)N(Cc1ccccc1)C(=O)CCCN(c1cccc(Cl)c1)S(C)(=O)=O. The van der Waals surface area contributed by atoms with E-state index in [2.05, 4.69) is 5.32 Å². The monoisotopic (exact) mass is 555 g/mol. The molecule has 0 saturated heterocycles. The van der Waals surface area contributed by atoms with E-state index in [9.17, 15) is 18.0 Å². The Hall–Kier alpha value is -3.36. The van der Waals surface area contributed by atoms with E-state index in [1.807, 2.05) is 67.6 Å². The van der Waals surface area contributed by atoms with Crippen LogP contribution in [-0.4, -0.2) is 50.5 Å². The van der Waals surface area contributed by atoms with Crippen LogP contribution in [0.2, 0.25) is 5.02 Å². The molecule has 0 aliphatic rings. The van der Waals surface area contributed by atoms with Crippen LogP contribution in [0.5, 0.6) is 0 Å². The molecule has 0 aromatic heterocycles. The Morgan fingerprint density at radius 2 is 1.55 bits per heavy atom. The van der Waals surface area contributed by atoms with E-state index in [1.54, 1.807) is 29.2 Å². The lowest BCUT2D eigenvalue weighted by molar-refractivity contribution is -0.141. The van der Waals surface area contributed by atoms with Gasteiger partial charge in [-0.1, -0.05) is 78.3 Å². The highest BCUT2D eigenvalue weighted by Crippen LogP contribution is 2.23. The van der Waals surface area contributed by atoms with Crippen molar-refractivity contribution >= 4 is 39.1 Å². The highest BCUT2D eigenvalue weighted by atomic mass is 35.5. The molecule has 3 aromatic rings. The van der Waals surface area contributed by atoms with Gasteiger partial charge in [-0.2, -0.15) is 0 Å². The lowest BCUT2D eigenvalue weighted by Gasteiger charge is -2.32. The molecule has 0 unspecified atom stereocenters. The van der Waals surface area contributed by atoms with Gasteiger partial charge in [-0.05, 0) is 42.7 Å². The number of nitrogens with one attached hydrogen (secondary N) is 1. The third kappa shape index (κ3) is 8.60. The standard InChI is InChI=1S/C29H34ClN3O4S/c1-3-31-29(35)27(20-23-12-6-4-7-13-23)32(22-24-14-8-5-9-15-24)28(34)18-11-19-33(38(2,36)37)26-17-10-16-25(30)21-26/h4-10,12-17,21,27H,3,11,18-20,22H2,1-2H3,(H,31,35)/t27-/m1/s1. The minimum Gasteiger partial charge on any atom is -0.355 e. The van der Waals surface area contributed by atoms with Crippen LogP contribution in [0.3, 0.4) is 0 Å². The first-order chi connectivity index (χ1) is 18.2. The van der Waals surface area contributed by atoms with Gasteiger partial charge in [-0.15, -0.1) is 0 Å². The van der Waals surface area contributed by atoms with Gasteiger partial charge < -0.3 is 10.2 Å². The van der Waals surface area contributed by atoms with Gasteiger partial charge in [0.25, 0.3) is 0 Å². The zero-order valence-corrected chi connectivity index (χ0v) is 23.3. The molecule has 1 N–H and O–H groups in total. The minimum atomic E-state index is -3.59. The molecule has 9 heteroatoms. The Morgan fingerprint density at radius 1 is 0.921 bits per heavy atom. The lowest BCUT2D eigenvalue weighted by Crippen LogP contribution is -2.50. The molecular formula is C29H34ClN3O4S. The fraction of sp³-hybridized carbons (Fsp3) is 0.310. The number of carbonyl (C=O) groups excluding carboxylic acids is 2. The van der Waals surface area contributed by atoms with Crippen LogP contribution in [0.1, 0.15) is 30.9 Å². The van der Waals surface area contributed by atoms with E-state index in [1.165, 1.54) is 4.31 Å². The summed E-state index contributed by atoms with van der Waals surface area (Å²) in [6.45, 7) is 2.66. The number of rotatable bonds is 13. The Morgan fingerprint density at radius 3 is 2.13 bits per heavy atom. The molecule has 3 aromatic carbocycles. The fourth-order valence-corrected chi connectivity index (χ4v) is 5.40. The summed E-state index contributed by atoms with van der Waals surface area (Å²) in [5.41, 5.74) is 2.29. The van der Waals surface area contributed by atoms with Gasteiger partial charge in [-0.25, -0.2) is 8.42 Å². The fourth-order valence-electron chi connectivity index (χ4n) is 4.26. The molecule has 0 aliphatic carbocycles. The molecule has 0 fully saturated rings. The normalized spacial score (nSPS) is 12.0. The molecule has 7 nitrogen and oxygen atoms in total. The van der Waals surface area contributed by atoms with E-state index in [0.29, 0.717) is 23.7 Å². The van der Waals surface area contributed by atoms with Crippen LogP contribution >= 0.6 is 11.6 Å². The Kier molecular flexibility index (Phi) is 10.7. The summed E-state index contributed by atoms with van der Waals surface area (Å²) in [6.07, 6.45) is 1.84. The number of hydrogen-bond acceptors (Lipinski definition) is 4. The Balaban J connectivity index is 1.84. The third-order valence-corrected chi connectivity index (χ3v) is 7.50. The van der Waals surface area contributed by atoms with Crippen LogP contribution in [0.4, 0.5) is 5.69 Å². The summed E-state index contributed by atoms with van der Waals surface area (Å²) in [5, 5.41) is 3.30. The molecule has 0 saturated carbocycles. The number of hydrogen-bond donors (Lipinski definition) is 1. The molecule has 202 valence electrons. The number of sulfonamides is 1. The molecule has 2 amide bonds. The Labute approximate surface area is 230 Å². The molecule has 0 aliphatic heterocycles. The van der Waals surface area contributed by atoms with E-state index in [-0.39, 0.29) is 37.7 Å². The van der Waals surface area contributed by atoms with Crippen LogP contribution in [0, 0.1) is 0 Å². The quantitative estimate of drug-likeness (QED) is 0.332. The number of anilines is 1. The van der Waals surface area contributed by atoms with Crippen LogP contribution in [0.25, 0.3) is 0 Å². The number of nitrogens with zero attached hydrogens (tertiary/aromatic N) is 2. The summed E-state index contributed by atoms with van der Waals surface area (Å²) in [6, 6.07) is 25.0. The van der Waals surface area contributed by atoms with Crippen molar-refractivity contribution in [3.05, 3.63) is 101 Å². The summed E-state index contributed by atoms with van der Waals surface area (Å²) in [5.74, 6) is -0.446. The van der Waals surface area contributed by atoms with E-state index in [0.717, 1.165) is 17.4 Å². The van der Waals surface area contributed by atoms with E-state index >= 15 is 0 Å². The second-order valence-corrected chi connectivity index (χ2v) is 11.4. The first-order valence-electron chi connectivity index (χ1n) is 12.6. The first-order valence-corrected chi connectivity index (χ1v) is 14.8. The van der Waals surface area contributed by atoms with Crippen molar-refractivity contribution in [3.63, 3.8) is 0 Å². The summed E-state index contributed by atoms with van der Waals surface area (Å²) in [4.78, 5) is 28.5. The predicted octanol–water partition coefficient (Wildman–Crippen LogP) is 4.66. The smallest absolute Gasteiger partial charge is 0.243 e. The number of amides is 2. The molecule has 3 rings (SSSR count). The number of likely N-dealkylation sites (N-methyl/N-ethyl adjacent to an activating group) is 1. The van der Waals surface area contributed by atoms with Crippen molar-refractivity contribution in [3.8, 4) is 0 Å². The van der Waals surface area contributed by atoms with Gasteiger partial charge >= 0.3 is 0 Å². The summed E-state index contributed by atoms with van der Waals surface area (Å²) < 4.78 is 26.3. The second kappa shape index (κ2) is 14.0. The second-order valence-electron chi connectivity index (χ2n) is 9.03. The summed E-state index contributed by atoms with van der Waals surface area (Å²) in [7, 11) is -3.59. The first kappa shape index (κ1) is 29.2. The lowest BCUT2D eigenvalue weighted by atomic mass is 10.0. The average Bonchev–Trinajstić information content (AvgIpc) is 2.89. The van der Waals surface area contributed by atoms with Gasteiger partial charge in [0, 0.05) is 37.5 Å². The van der Waals surface area contributed by atoms with Crippen molar-refractivity contribution in [1.82, 2.24) is 10.2 Å². The molecule has 1 atom stereocenters. The topological polar surface area (TPSA) is 86.8 Å². The number of carbonyl (C=O) groups is 2. The molecule has 0 radical (unpaired) electrons. The Bertz CT molecular complexity index is 1300. The van der Waals surface area contributed by atoms with Gasteiger partial charge in [0.1, 0.15) is 6.04 Å². The highest BCUT2D eigenvalue weighted by molar-refractivity contribution is 7.92.